The van der Waals surface area contributed by atoms with Crippen LogP contribution in [-0.2, 0) is 6.54 Å². The average Bonchev–Trinajstić information content (AvgIpc) is 2.69. The minimum Gasteiger partial charge on any atom is -0.322 e. The summed E-state index contributed by atoms with van der Waals surface area (Å²) < 4.78 is 0. The number of nitrogens with one attached hydrogen (secondary N) is 2. The maximum atomic E-state index is 12.3. The topological polar surface area (TPSA) is 41.1 Å². The second kappa shape index (κ2) is 9.05. The molecule has 0 saturated carbocycles. The van der Waals surface area contributed by atoms with Gasteiger partial charge in [0.15, 0.2) is 0 Å². The molecular weight excluding hydrogens is 379 g/mol. The number of rotatable bonds is 6. The van der Waals surface area contributed by atoms with Crippen LogP contribution in [0.15, 0.2) is 72.8 Å². The Morgan fingerprint density at radius 3 is 2.30 bits per heavy atom. The first-order valence-electron chi connectivity index (χ1n) is 8.66. The molecule has 3 aromatic carbocycles. The van der Waals surface area contributed by atoms with Gasteiger partial charge in [0.2, 0.25) is 0 Å². The number of para-hydroxylation sites is 1. The van der Waals surface area contributed by atoms with Crippen LogP contribution in [0.2, 0.25) is 10.0 Å². The summed E-state index contributed by atoms with van der Waals surface area (Å²) >= 11 is 12.0. The van der Waals surface area contributed by atoms with Crippen LogP contribution in [0, 0.1) is 0 Å². The largest absolute Gasteiger partial charge is 0.322 e. The predicted octanol–water partition coefficient (Wildman–Crippen LogP) is 6.10. The normalized spacial score (nSPS) is 11.8. The highest BCUT2D eigenvalue weighted by Gasteiger charge is 2.09. The molecule has 3 nitrogen and oxygen atoms in total. The van der Waals surface area contributed by atoms with E-state index in [1.807, 2.05) is 66.7 Å². The number of hydrogen-bond donors (Lipinski definition) is 2. The van der Waals surface area contributed by atoms with Gasteiger partial charge in [-0.1, -0.05) is 59.6 Å². The second-order valence-corrected chi connectivity index (χ2v) is 7.11. The highest BCUT2D eigenvalue weighted by Crippen LogP contribution is 2.25. The predicted molar refractivity (Wildman–Crippen MR) is 113 cm³/mol. The van der Waals surface area contributed by atoms with Crippen LogP contribution in [0.4, 0.5) is 5.69 Å². The third kappa shape index (κ3) is 5.33. The zero-order chi connectivity index (χ0) is 19.2. The quantitative estimate of drug-likeness (QED) is 0.526. The average molecular weight is 399 g/mol. The van der Waals surface area contributed by atoms with Gasteiger partial charge in [-0.25, -0.2) is 0 Å². The molecule has 5 heteroatoms. The third-order valence-corrected chi connectivity index (χ3v) is 5.04. The Bertz CT molecular complexity index is 911. The van der Waals surface area contributed by atoms with Crippen LogP contribution in [0.3, 0.4) is 0 Å². The molecule has 1 atom stereocenters. The smallest absolute Gasteiger partial charge is 0.255 e. The fraction of sp³-hybridized carbons (Fsp3) is 0.136. The number of benzene rings is 3. The van der Waals surface area contributed by atoms with Crippen LogP contribution < -0.4 is 10.6 Å². The van der Waals surface area contributed by atoms with Crippen molar-refractivity contribution >= 4 is 34.8 Å². The zero-order valence-electron chi connectivity index (χ0n) is 14.9. The molecule has 2 N–H and O–H groups in total. The molecule has 0 spiro atoms. The lowest BCUT2D eigenvalue weighted by molar-refractivity contribution is 0.102. The van der Waals surface area contributed by atoms with Gasteiger partial charge in [0.1, 0.15) is 0 Å². The van der Waals surface area contributed by atoms with Gasteiger partial charge >= 0.3 is 0 Å². The van der Waals surface area contributed by atoms with Crippen LogP contribution in [0.1, 0.15) is 34.5 Å². The second-order valence-electron chi connectivity index (χ2n) is 6.29. The van der Waals surface area contributed by atoms with E-state index in [2.05, 4.69) is 17.6 Å². The molecular formula is C22H20Cl2N2O. The summed E-state index contributed by atoms with van der Waals surface area (Å²) in [7, 11) is 0. The Hall–Kier alpha value is -2.33. The summed E-state index contributed by atoms with van der Waals surface area (Å²) in [5.41, 5.74) is 3.57. The lowest BCUT2D eigenvalue weighted by atomic mass is 10.1. The first kappa shape index (κ1) is 19.4. The van der Waals surface area contributed by atoms with Crippen molar-refractivity contribution in [3.63, 3.8) is 0 Å². The number of amides is 1. The molecule has 27 heavy (non-hydrogen) atoms. The van der Waals surface area contributed by atoms with E-state index >= 15 is 0 Å². The van der Waals surface area contributed by atoms with Crippen LogP contribution in [-0.4, -0.2) is 5.91 Å². The standard InChI is InChI=1S/C22H20Cl2N2O/c1-15(18-11-12-20(23)21(24)13-18)25-14-16-7-9-17(10-8-16)22(27)26-19-5-3-2-4-6-19/h2-13,15,25H,14H2,1H3,(H,26,27). The number of halogens is 2. The van der Waals surface area contributed by atoms with E-state index in [1.54, 1.807) is 6.07 Å². The summed E-state index contributed by atoms with van der Waals surface area (Å²) in [5.74, 6) is -0.120. The molecule has 0 aliphatic rings. The number of hydrogen-bond acceptors (Lipinski definition) is 2. The first-order valence-corrected chi connectivity index (χ1v) is 9.42. The summed E-state index contributed by atoms with van der Waals surface area (Å²) in [6.45, 7) is 2.75. The van der Waals surface area contributed by atoms with Gasteiger partial charge in [-0.15, -0.1) is 0 Å². The Kier molecular flexibility index (Phi) is 6.51. The van der Waals surface area contributed by atoms with Gasteiger partial charge in [-0.2, -0.15) is 0 Å². The fourth-order valence-corrected chi connectivity index (χ4v) is 2.98. The van der Waals surface area contributed by atoms with Crippen molar-refractivity contribution in [3.8, 4) is 0 Å². The van der Waals surface area contributed by atoms with Crippen LogP contribution in [0.5, 0.6) is 0 Å². The van der Waals surface area contributed by atoms with Crippen molar-refractivity contribution in [2.24, 2.45) is 0 Å². The summed E-state index contributed by atoms with van der Waals surface area (Å²) in [4.78, 5) is 12.3. The molecule has 3 rings (SSSR count). The van der Waals surface area contributed by atoms with E-state index < -0.39 is 0 Å². The highest BCUT2D eigenvalue weighted by molar-refractivity contribution is 6.42. The summed E-state index contributed by atoms with van der Waals surface area (Å²) in [6.07, 6.45) is 0. The molecule has 0 fully saturated rings. The van der Waals surface area contributed by atoms with E-state index in [4.69, 9.17) is 23.2 Å². The SMILES string of the molecule is CC(NCc1ccc(C(=O)Nc2ccccc2)cc1)c1ccc(Cl)c(Cl)c1. The summed E-state index contributed by atoms with van der Waals surface area (Å²) in [5, 5.41) is 7.43. The number of anilines is 1. The number of carbonyl (C=O) groups excluding carboxylic acids is 1. The van der Waals surface area contributed by atoms with Crippen molar-refractivity contribution < 1.29 is 4.79 Å². The Morgan fingerprint density at radius 2 is 1.63 bits per heavy atom. The van der Waals surface area contributed by atoms with Crippen molar-refractivity contribution in [1.82, 2.24) is 5.32 Å². The lowest BCUT2D eigenvalue weighted by Crippen LogP contribution is -2.18. The maximum absolute atomic E-state index is 12.3. The minimum absolute atomic E-state index is 0.120. The molecule has 0 heterocycles. The molecule has 0 radical (unpaired) electrons. The van der Waals surface area contributed by atoms with Crippen molar-refractivity contribution in [2.45, 2.75) is 19.5 Å². The third-order valence-electron chi connectivity index (χ3n) is 4.30. The van der Waals surface area contributed by atoms with Crippen LogP contribution in [0.25, 0.3) is 0 Å². The Balaban J connectivity index is 1.57. The molecule has 0 aromatic heterocycles. The van der Waals surface area contributed by atoms with Gasteiger partial charge in [-0.05, 0) is 54.4 Å². The van der Waals surface area contributed by atoms with E-state index in [9.17, 15) is 4.79 Å². The summed E-state index contributed by atoms with van der Waals surface area (Å²) in [6, 6.07) is 22.7. The molecule has 0 aliphatic heterocycles. The maximum Gasteiger partial charge on any atom is 0.255 e. The van der Waals surface area contributed by atoms with E-state index in [0.29, 0.717) is 22.2 Å². The molecule has 0 saturated heterocycles. The molecule has 1 unspecified atom stereocenters. The fourth-order valence-electron chi connectivity index (χ4n) is 2.67. The van der Waals surface area contributed by atoms with E-state index in [1.165, 1.54) is 0 Å². The monoisotopic (exact) mass is 398 g/mol. The molecule has 1 amide bonds. The number of carbonyl (C=O) groups is 1. The molecule has 0 bridgehead atoms. The Labute approximate surface area is 169 Å². The molecule has 3 aromatic rings. The Morgan fingerprint density at radius 1 is 0.926 bits per heavy atom. The van der Waals surface area contributed by atoms with Crippen molar-refractivity contribution in [3.05, 3.63) is 99.5 Å². The van der Waals surface area contributed by atoms with E-state index in [0.717, 1.165) is 16.8 Å². The zero-order valence-corrected chi connectivity index (χ0v) is 16.4. The first-order chi connectivity index (χ1) is 13.0. The van der Waals surface area contributed by atoms with Crippen molar-refractivity contribution in [1.29, 1.82) is 0 Å². The molecule has 0 aliphatic carbocycles. The van der Waals surface area contributed by atoms with Crippen LogP contribution >= 0.6 is 23.2 Å². The van der Waals surface area contributed by atoms with Crippen molar-refractivity contribution in [2.75, 3.05) is 5.32 Å². The van der Waals surface area contributed by atoms with Gasteiger partial charge in [-0.3, -0.25) is 4.79 Å². The van der Waals surface area contributed by atoms with E-state index in [-0.39, 0.29) is 11.9 Å². The van der Waals surface area contributed by atoms with Gasteiger partial charge in [0, 0.05) is 23.8 Å². The van der Waals surface area contributed by atoms with Gasteiger partial charge in [0.25, 0.3) is 5.91 Å². The lowest BCUT2D eigenvalue weighted by Gasteiger charge is -2.15. The highest BCUT2D eigenvalue weighted by atomic mass is 35.5. The van der Waals surface area contributed by atoms with Gasteiger partial charge in [0.05, 0.1) is 10.0 Å². The molecule has 138 valence electrons. The minimum atomic E-state index is -0.120. The van der Waals surface area contributed by atoms with Gasteiger partial charge < -0.3 is 10.6 Å².